The standard InChI is InChI=1S/C14H12BNO3.C2H6/c17-14(10-4-2-1-3-5-10)16-12-7-6-11-9-19-15(18)13(11)8-12;1-2/h1-8,18H,9H2,(H,16,17);1-2H3. The zero-order valence-electron chi connectivity index (χ0n) is 12.2. The number of fused-ring (bicyclic) bond motifs is 1. The van der Waals surface area contributed by atoms with Crippen LogP contribution >= 0.6 is 0 Å². The second kappa shape index (κ2) is 7.06. The summed E-state index contributed by atoms with van der Waals surface area (Å²) < 4.78 is 5.11. The van der Waals surface area contributed by atoms with E-state index in [1.165, 1.54) is 0 Å². The number of hydrogen-bond donors (Lipinski definition) is 2. The zero-order valence-corrected chi connectivity index (χ0v) is 12.2. The van der Waals surface area contributed by atoms with Crippen LogP contribution in [0, 0.1) is 0 Å². The summed E-state index contributed by atoms with van der Waals surface area (Å²) in [6, 6.07) is 14.4. The van der Waals surface area contributed by atoms with E-state index in [1.807, 2.05) is 38.1 Å². The van der Waals surface area contributed by atoms with E-state index in [4.69, 9.17) is 4.65 Å². The molecule has 0 fully saturated rings. The molecule has 0 radical (unpaired) electrons. The van der Waals surface area contributed by atoms with Crippen molar-refractivity contribution in [2.75, 3.05) is 5.32 Å². The van der Waals surface area contributed by atoms with Gasteiger partial charge in [-0.05, 0) is 35.3 Å². The van der Waals surface area contributed by atoms with E-state index in [-0.39, 0.29) is 5.91 Å². The summed E-state index contributed by atoms with van der Waals surface area (Å²) in [6.07, 6.45) is 0. The lowest BCUT2D eigenvalue weighted by molar-refractivity contribution is 0.102. The van der Waals surface area contributed by atoms with Crippen LogP contribution in [0.3, 0.4) is 0 Å². The molecule has 2 N–H and O–H groups in total. The van der Waals surface area contributed by atoms with Gasteiger partial charge >= 0.3 is 7.12 Å². The van der Waals surface area contributed by atoms with Gasteiger partial charge in [-0.1, -0.05) is 38.1 Å². The molecule has 0 spiro atoms. The fourth-order valence-electron chi connectivity index (χ4n) is 2.09. The van der Waals surface area contributed by atoms with Crippen molar-refractivity contribution in [1.29, 1.82) is 0 Å². The highest BCUT2D eigenvalue weighted by atomic mass is 16.5. The molecule has 3 rings (SSSR count). The van der Waals surface area contributed by atoms with E-state index in [1.54, 1.807) is 24.3 Å². The SMILES string of the molecule is CC.O=C(Nc1ccc2c(c1)B(O)OC2)c1ccccc1. The molecule has 0 unspecified atom stereocenters. The minimum atomic E-state index is -0.899. The molecule has 4 nitrogen and oxygen atoms in total. The topological polar surface area (TPSA) is 58.6 Å². The van der Waals surface area contributed by atoms with Gasteiger partial charge in [-0.2, -0.15) is 0 Å². The summed E-state index contributed by atoms with van der Waals surface area (Å²) in [5.41, 5.74) is 2.91. The summed E-state index contributed by atoms with van der Waals surface area (Å²) in [4.78, 5) is 12.0. The Morgan fingerprint density at radius 1 is 1.19 bits per heavy atom. The van der Waals surface area contributed by atoms with E-state index in [0.29, 0.717) is 23.3 Å². The highest BCUT2D eigenvalue weighted by Gasteiger charge is 2.27. The third-order valence-electron chi connectivity index (χ3n) is 3.10. The first-order valence-electron chi connectivity index (χ1n) is 7.03. The van der Waals surface area contributed by atoms with Crippen LogP contribution in [0.15, 0.2) is 48.5 Å². The van der Waals surface area contributed by atoms with Gasteiger partial charge in [0.05, 0.1) is 6.61 Å². The highest BCUT2D eigenvalue weighted by molar-refractivity contribution is 6.61. The molecule has 5 heteroatoms. The van der Waals surface area contributed by atoms with Gasteiger partial charge in [-0.15, -0.1) is 0 Å². The van der Waals surface area contributed by atoms with Gasteiger partial charge in [0.2, 0.25) is 0 Å². The van der Waals surface area contributed by atoms with Crippen molar-refractivity contribution in [2.24, 2.45) is 0 Å². The minimum absolute atomic E-state index is 0.172. The number of amides is 1. The maximum absolute atomic E-state index is 12.0. The van der Waals surface area contributed by atoms with Crippen LogP contribution in [-0.4, -0.2) is 18.0 Å². The molecule has 0 saturated heterocycles. The van der Waals surface area contributed by atoms with E-state index in [2.05, 4.69) is 5.32 Å². The van der Waals surface area contributed by atoms with Crippen molar-refractivity contribution < 1.29 is 14.5 Å². The molecule has 21 heavy (non-hydrogen) atoms. The molecule has 1 heterocycles. The fraction of sp³-hybridized carbons (Fsp3) is 0.188. The van der Waals surface area contributed by atoms with Crippen molar-refractivity contribution in [3.8, 4) is 0 Å². The molecular formula is C16H18BNO3. The zero-order chi connectivity index (χ0) is 15.2. The van der Waals surface area contributed by atoms with Gasteiger partial charge in [-0.3, -0.25) is 4.79 Å². The molecule has 108 valence electrons. The number of carbonyl (C=O) groups is 1. The lowest BCUT2D eigenvalue weighted by Gasteiger charge is -2.07. The number of carbonyl (C=O) groups excluding carboxylic acids is 1. The highest BCUT2D eigenvalue weighted by Crippen LogP contribution is 2.15. The van der Waals surface area contributed by atoms with Crippen molar-refractivity contribution >= 4 is 24.2 Å². The Labute approximate surface area is 124 Å². The third-order valence-corrected chi connectivity index (χ3v) is 3.10. The van der Waals surface area contributed by atoms with Crippen LogP contribution in [0.4, 0.5) is 5.69 Å². The second-order valence-electron chi connectivity index (χ2n) is 4.40. The Balaban J connectivity index is 0.000000774. The molecule has 1 amide bonds. The lowest BCUT2D eigenvalue weighted by Crippen LogP contribution is -2.28. The van der Waals surface area contributed by atoms with Gasteiger partial charge in [-0.25, -0.2) is 0 Å². The van der Waals surface area contributed by atoms with Crippen LogP contribution < -0.4 is 10.8 Å². The van der Waals surface area contributed by atoms with Crippen molar-refractivity contribution in [3.63, 3.8) is 0 Å². The molecule has 2 aromatic carbocycles. The fourth-order valence-corrected chi connectivity index (χ4v) is 2.09. The predicted octanol–water partition coefficient (Wildman–Crippen LogP) is 2.18. The maximum atomic E-state index is 12.0. The Morgan fingerprint density at radius 2 is 1.90 bits per heavy atom. The van der Waals surface area contributed by atoms with Gasteiger partial charge in [0.25, 0.3) is 5.91 Å². The van der Waals surface area contributed by atoms with Crippen LogP contribution in [0.1, 0.15) is 29.8 Å². The number of benzene rings is 2. The summed E-state index contributed by atoms with van der Waals surface area (Å²) >= 11 is 0. The Morgan fingerprint density at radius 3 is 2.62 bits per heavy atom. The van der Waals surface area contributed by atoms with Crippen LogP contribution in [-0.2, 0) is 11.3 Å². The first-order valence-corrected chi connectivity index (χ1v) is 7.03. The number of hydrogen-bond acceptors (Lipinski definition) is 3. The Hall–Kier alpha value is -2.11. The molecule has 0 atom stereocenters. The summed E-state index contributed by atoms with van der Waals surface area (Å²) in [5.74, 6) is -0.172. The van der Waals surface area contributed by atoms with Crippen LogP contribution in [0.25, 0.3) is 0 Å². The second-order valence-corrected chi connectivity index (χ2v) is 4.40. The molecule has 0 bridgehead atoms. The largest absolute Gasteiger partial charge is 0.491 e. The quantitative estimate of drug-likeness (QED) is 0.830. The summed E-state index contributed by atoms with van der Waals surface area (Å²) in [6.45, 7) is 4.41. The van der Waals surface area contributed by atoms with Gasteiger partial charge in [0.15, 0.2) is 0 Å². The average Bonchev–Trinajstić information content (AvgIpc) is 2.91. The summed E-state index contributed by atoms with van der Waals surface area (Å²) in [7, 11) is -0.899. The number of anilines is 1. The smallest absolute Gasteiger partial charge is 0.423 e. The molecule has 0 aliphatic carbocycles. The Bertz CT molecular complexity index is 616. The third kappa shape index (κ3) is 3.51. The van der Waals surface area contributed by atoms with E-state index < -0.39 is 7.12 Å². The molecule has 1 aliphatic rings. The Kier molecular flexibility index (Phi) is 5.14. The van der Waals surface area contributed by atoms with Crippen molar-refractivity contribution in [2.45, 2.75) is 20.5 Å². The minimum Gasteiger partial charge on any atom is -0.423 e. The predicted molar refractivity (Wildman–Crippen MR) is 84.6 cm³/mol. The molecular weight excluding hydrogens is 265 g/mol. The van der Waals surface area contributed by atoms with Gasteiger partial charge < -0.3 is 15.0 Å². The summed E-state index contributed by atoms with van der Waals surface area (Å²) in [5, 5.41) is 12.4. The van der Waals surface area contributed by atoms with E-state index in [0.717, 1.165) is 5.56 Å². The lowest BCUT2D eigenvalue weighted by atomic mass is 9.79. The normalized spacial score (nSPS) is 12.2. The average molecular weight is 283 g/mol. The maximum Gasteiger partial charge on any atom is 0.491 e. The molecule has 2 aromatic rings. The van der Waals surface area contributed by atoms with E-state index in [9.17, 15) is 9.82 Å². The van der Waals surface area contributed by atoms with Crippen LogP contribution in [0.2, 0.25) is 0 Å². The van der Waals surface area contributed by atoms with Crippen molar-refractivity contribution in [1.82, 2.24) is 0 Å². The number of nitrogens with one attached hydrogen (secondary N) is 1. The van der Waals surface area contributed by atoms with E-state index >= 15 is 0 Å². The number of rotatable bonds is 2. The van der Waals surface area contributed by atoms with Crippen LogP contribution in [0.5, 0.6) is 0 Å². The van der Waals surface area contributed by atoms with Crippen molar-refractivity contribution in [3.05, 3.63) is 59.7 Å². The molecule has 1 aliphatic heterocycles. The first kappa shape index (κ1) is 15.3. The molecule has 0 aromatic heterocycles. The van der Waals surface area contributed by atoms with Gasteiger partial charge in [0.1, 0.15) is 0 Å². The molecule has 0 saturated carbocycles. The monoisotopic (exact) mass is 283 g/mol. The first-order chi connectivity index (χ1) is 10.2. The van der Waals surface area contributed by atoms with Gasteiger partial charge in [0, 0.05) is 11.3 Å².